The molecule has 0 N–H and O–H groups in total. The molecule has 108 valence electrons. The van der Waals surface area contributed by atoms with E-state index in [0.29, 0.717) is 0 Å². The molecule has 20 heavy (non-hydrogen) atoms. The molecule has 7 nitrogen and oxygen atoms in total. The lowest BCUT2D eigenvalue weighted by Crippen LogP contribution is -2.34. The minimum Gasteiger partial charge on any atom is -0.449 e. The molecule has 0 bridgehead atoms. The fourth-order valence-electron chi connectivity index (χ4n) is 1.42. The van der Waals surface area contributed by atoms with Crippen molar-refractivity contribution in [1.29, 1.82) is 0 Å². The summed E-state index contributed by atoms with van der Waals surface area (Å²) < 4.78 is 4.96. The number of ether oxygens (including phenoxy) is 1. The molecule has 1 atom stereocenters. The number of nitrogens with zero attached hydrogens (tertiary/aromatic N) is 2. The Kier molecular flexibility index (Phi) is 5.04. The third-order valence-corrected chi connectivity index (χ3v) is 2.77. The van der Waals surface area contributed by atoms with Crippen LogP contribution in [0.25, 0.3) is 0 Å². The van der Waals surface area contributed by atoms with E-state index in [0.717, 1.165) is 12.1 Å². The van der Waals surface area contributed by atoms with Crippen molar-refractivity contribution in [3.63, 3.8) is 0 Å². The maximum absolute atomic E-state index is 11.8. The monoisotopic (exact) mass is 300 g/mol. The number of amides is 1. The van der Waals surface area contributed by atoms with E-state index in [4.69, 9.17) is 16.3 Å². The van der Waals surface area contributed by atoms with Gasteiger partial charge in [-0.05, 0) is 13.0 Å². The highest BCUT2D eigenvalue weighted by atomic mass is 35.5. The van der Waals surface area contributed by atoms with Gasteiger partial charge < -0.3 is 9.64 Å². The molecule has 0 spiro atoms. The smallest absolute Gasteiger partial charge is 0.340 e. The number of nitro benzene ring substituents is 1. The third-order valence-electron chi connectivity index (χ3n) is 2.46. The van der Waals surface area contributed by atoms with Crippen LogP contribution < -0.4 is 0 Å². The summed E-state index contributed by atoms with van der Waals surface area (Å²) in [6.07, 6.45) is -0.969. The van der Waals surface area contributed by atoms with Gasteiger partial charge in [0.1, 0.15) is 0 Å². The molecule has 0 radical (unpaired) electrons. The summed E-state index contributed by atoms with van der Waals surface area (Å²) in [4.78, 5) is 34.6. The number of esters is 1. The number of hydrogen-bond acceptors (Lipinski definition) is 5. The molecule has 8 heteroatoms. The summed E-state index contributed by atoms with van der Waals surface area (Å²) >= 11 is 5.79. The van der Waals surface area contributed by atoms with Gasteiger partial charge in [0.25, 0.3) is 11.6 Å². The van der Waals surface area contributed by atoms with Crippen molar-refractivity contribution in [3.05, 3.63) is 38.9 Å². The van der Waals surface area contributed by atoms with Gasteiger partial charge in [-0.25, -0.2) is 4.79 Å². The minimum atomic E-state index is -0.969. The molecule has 1 amide bonds. The zero-order valence-electron chi connectivity index (χ0n) is 11.1. The quantitative estimate of drug-likeness (QED) is 0.481. The first-order valence-corrected chi connectivity index (χ1v) is 5.98. The number of nitro groups is 1. The zero-order chi connectivity index (χ0) is 15.4. The Morgan fingerprint density at radius 3 is 2.45 bits per heavy atom. The summed E-state index contributed by atoms with van der Waals surface area (Å²) in [6.45, 7) is 1.43. The van der Waals surface area contributed by atoms with Crippen LogP contribution in [0, 0.1) is 10.1 Å². The van der Waals surface area contributed by atoms with E-state index in [2.05, 4.69) is 0 Å². The van der Waals surface area contributed by atoms with Gasteiger partial charge in [-0.15, -0.1) is 0 Å². The molecule has 0 aliphatic carbocycles. The molecule has 0 heterocycles. The van der Waals surface area contributed by atoms with Crippen LogP contribution in [0.2, 0.25) is 5.02 Å². The Labute approximate surface area is 120 Å². The second kappa shape index (κ2) is 6.33. The maximum atomic E-state index is 11.8. The number of likely N-dealkylation sites (N-methyl/N-ethyl adjacent to an activating group) is 1. The van der Waals surface area contributed by atoms with Gasteiger partial charge in [0.05, 0.1) is 15.5 Å². The van der Waals surface area contributed by atoms with E-state index in [1.165, 1.54) is 32.0 Å². The van der Waals surface area contributed by atoms with Crippen LogP contribution in [-0.2, 0) is 9.53 Å². The van der Waals surface area contributed by atoms with Crippen LogP contribution in [0.5, 0.6) is 0 Å². The lowest BCUT2D eigenvalue weighted by Gasteiger charge is -2.17. The molecule has 1 aromatic rings. The van der Waals surface area contributed by atoms with Crippen molar-refractivity contribution >= 4 is 29.2 Å². The molecule has 0 unspecified atom stereocenters. The highest BCUT2D eigenvalue weighted by Crippen LogP contribution is 2.23. The molecule has 0 saturated carbocycles. The van der Waals surface area contributed by atoms with Crippen LogP contribution in [0.1, 0.15) is 17.3 Å². The predicted octanol–water partition coefficient (Wildman–Crippen LogP) is 1.88. The second-order valence-corrected chi connectivity index (χ2v) is 4.61. The topological polar surface area (TPSA) is 89.7 Å². The van der Waals surface area contributed by atoms with Crippen molar-refractivity contribution < 1.29 is 19.2 Å². The van der Waals surface area contributed by atoms with Gasteiger partial charge in [0, 0.05) is 26.2 Å². The Bertz CT molecular complexity index is 559. The number of halogens is 1. The van der Waals surface area contributed by atoms with Crippen LogP contribution in [0.4, 0.5) is 5.69 Å². The average Bonchev–Trinajstić information content (AvgIpc) is 2.36. The number of carbonyl (C=O) groups excluding carboxylic acids is 2. The second-order valence-electron chi connectivity index (χ2n) is 4.20. The lowest BCUT2D eigenvalue weighted by molar-refractivity contribution is -0.384. The Morgan fingerprint density at radius 1 is 1.40 bits per heavy atom. The first kappa shape index (κ1) is 15.9. The van der Waals surface area contributed by atoms with Gasteiger partial charge in [0.15, 0.2) is 6.10 Å². The minimum absolute atomic E-state index is 0.0318. The van der Waals surface area contributed by atoms with Crippen molar-refractivity contribution in [2.45, 2.75) is 13.0 Å². The van der Waals surface area contributed by atoms with Gasteiger partial charge in [-0.3, -0.25) is 14.9 Å². The van der Waals surface area contributed by atoms with Crippen molar-refractivity contribution in [1.82, 2.24) is 4.90 Å². The van der Waals surface area contributed by atoms with E-state index in [1.54, 1.807) is 0 Å². The summed E-state index contributed by atoms with van der Waals surface area (Å²) in [7, 11) is 3.07. The van der Waals surface area contributed by atoms with E-state index in [9.17, 15) is 19.7 Å². The number of benzene rings is 1. The Hall–Kier alpha value is -2.15. The van der Waals surface area contributed by atoms with Crippen molar-refractivity contribution in [3.8, 4) is 0 Å². The van der Waals surface area contributed by atoms with Crippen molar-refractivity contribution in [2.24, 2.45) is 0 Å². The summed E-state index contributed by atoms with van der Waals surface area (Å²) in [5, 5.41) is 10.5. The van der Waals surface area contributed by atoms with Gasteiger partial charge in [-0.2, -0.15) is 0 Å². The molecule has 0 saturated heterocycles. The highest BCUT2D eigenvalue weighted by Gasteiger charge is 2.22. The summed E-state index contributed by atoms with van der Waals surface area (Å²) in [5.41, 5.74) is -0.264. The fourth-order valence-corrected chi connectivity index (χ4v) is 1.67. The van der Waals surface area contributed by atoms with Crippen LogP contribution in [0.3, 0.4) is 0 Å². The van der Waals surface area contributed by atoms with Gasteiger partial charge in [-0.1, -0.05) is 11.6 Å². The normalized spacial score (nSPS) is 11.6. The molecule has 0 fully saturated rings. The third kappa shape index (κ3) is 3.67. The van der Waals surface area contributed by atoms with Gasteiger partial charge in [0.2, 0.25) is 0 Å². The molecule has 0 aromatic heterocycles. The predicted molar refractivity (Wildman–Crippen MR) is 71.7 cm³/mol. The first-order valence-electron chi connectivity index (χ1n) is 5.60. The summed E-state index contributed by atoms with van der Waals surface area (Å²) in [6, 6.07) is 3.38. The number of carbonyl (C=O) groups is 2. The van der Waals surface area contributed by atoms with E-state index >= 15 is 0 Å². The Morgan fingerprint density at radius 2 is 2.00 bits per heavy atom. The van der Waals surface area contributed by atoms with Gasteiger partial charge >= 0.3 is 5.97 Å². The van der Waals surface area contributed by atoms with E-state index < -0.39 is 17.0 Å². The first-order chi connectivity index (χ1) is 9.23. The standard InChI is InChI=1S/C12H13ClN2O5/c1-7(11(16)14(2)3)20-12(17)9-5-4-8(15(18)19)6-10(9)13/h4-7H,1-3H3/t7-/m0/s1. The maximum Gasteiger partial charge on any atom is 0.340 e. The van der Waals surface area contributed by atoms with Crippen LogP contribution >= 0.6 is 11.6 Å². The zero-order valence-corrected chi connectivity index (χ0v) is 11.9. The molecule has 0 aliphatic heterocycles. The number of rotatable bonds is 4. The average molecular weight is 301 g/mol. The number of non-ortho nitro benzene ring substituents is 1. The molecule has 1 aromatic carbocycles. The number of hydrogen-bond donors (Lipinski definition) is 0. The van der Waals surface area contributed by atoms with Crippen LogP contribution in [0.15, 0.2) is 18.2 Å². The lowest BCUT2D eigenvalue weighted by atomic mass is 10.2. The summed E-state index contributed by atoms with van der Waals surface area (Å²) in [5.74, 6) is -1.19. The largest absolute Gasteiger partial charge is 0.449 e. The van der Waals surface area contributed by atoms with Crippen LogP contribution in [-0.4, -0.2) is 41.9 Å². The van der Waals surface area contributed by atoms with Crippen molar-refractivity contribution in [2.75, 3.05) is 14.1 Å². The molecule has 1 rings (SSSR count). The Balaban J connectivity index is 2.88. The van der Waals surface area contributed by atoms with E-state index in [1.807, 2.05) is 0 Å². The molecular formula is C12H13ClN2O5. The van der Waals surface area contributed by atoms with E-state index in [-0.39, 0.29) is 22.2 Å². The fraction of sp³-hybridized carbons (Fsp3) is 0.333. The SMILES string of the molecule is C[C@H](OC(=O)c1ccc([N+](=O)[O-])cc1Cl)C(=O)N(C)C. The molecule has 0 aliphatic rings. The molecular weight excluding hydrogens is 288 g/mol. The highest BCUT2D eigenvalue weighted by molar-refractivity contribution is 6.33.